The second-order valence-electron chi connectivity index (χ2n) is 8.63. The quantitative estimate of drug-likeness (QED) is 0.544. The first-order valence-electron chi connectivity index (χ1n) is 10.4. The van der Waals surface area contributed by atoms with Crippen molar-refractivity contribution < 1.29 is 32.2 Å². The molecule has 2 N–H and O–H groups in total. The first-order valence-corrected chi connectivity index (χ1v) is 11.2. The number of pyridine rings is 1. The predicted molar refractivity (Wildman–Crippen MR) is 123 cm³/mol. The summed E-state index contributed by atoms with van der Waals surface area (Å²) in [5.41, 5.74) is -0.0217. The van der Waals surface area contributed by atoms with Crippen LogP contribution in [0.4, 0.5) is 29.5 Å². The van der Waals surface area contributed by atoms with Gasteiger partial charge >= 0.3 is 12.5 Å². The number of alkyl carbamates (subject to hydrolysis) is 1. The number of carbonyl (C=O) groups is 2. The third-order valence-electron chi connectivity index (χ3n) is 4.64. The Morgan fingerprint density at radius 2 is 1.85 bits per heavy atom. The first-order chi connectivity index (χ1) is 15.8. The minimum atomic E-state index is -4.79. The highest BCUT2D eigenvalue weighted by Gasteiger charge is 2.31. The SMILES string of the molecule is CC(C)(C)OC(=O)N[C@H]1CCN(c2ncc(C(=O)Nc3ccc(OC(F)(F)F)cc3)cc2Br)C1. The highest BCUT2D eigenvalue weighted by Crippen LogP contribution is 2.28. The van der Waals surface area contributed by atoms with E-state index in [9.17, 15) is 22.8 Å². The van der Waals surface area contributed by atoms with Gasteiger partial charge in [-0.15, -0.1) is 13.2 Å². The number of nitrogens with zero attached hydrogens (tertiary/aromatic N) is 2. The van der Waals surface area contributed by atoms with Gasteiger partial charge in [0.05, 0.1) is 16.1 Å². The van der Waals surface area contributed by atoms with Gasteiger partial charge in [-0.25, -0.2) is 9.78 Å². The third-order valence-corrected chi connectivity index (χ3v) is 5.22. The van der Waals surface area contributed by atoms with Crippen molar-refractivity contribution in [1.82, 2.24) is 10.3 Å². The van der Waals surface area contributed by atoms with Gasteiger partial charge in [0.15, 0.2) is 0 Å². The van der Waals surface area contributed by atoms with Crippen LogP contribution in [0.5, 0.6) is 5.75 Å². The second-order valence-corrected chi connectivity index (χ2v) is 9.49. The lowest BCUT2D eigenvalue weighted by molar-refractivity contribution is -0.274. The van der Waals surface area contributed by atoms with E-state index in [1.807, 2.05) is 4.90 Å². The van der Waals surface area contributed by atoms with Crippen molar-refractivity contribution in [3.63, 3.8) is 0 Å². The Labute approximate surface area is 202 Å². The van der Waals surface area contributed by atoms with Crippen LogP contribution in [0.15, 0.2) is 41.0 Å². The third kappa shape index (κ3) is 7.51. The number of nitrogens with one attached hydrogen (secondary N) is 2. The summed E-state index contributed by atoms with van der Waals surface area (Å²) in [7, 11) is 0. The number of hydrogen-bond donors (Lipinski definition) is 2. The summed E-state index contributed by atoms with van der Waals surface area (Å²) >= 11 is 3.44. The Morgan fingerprint density at radius 1 is 1.18 bits per heavy atom. The molecule has 2 amide bonds. The molecular weight excluding hydrogens is 521 g/mol. The fourth-order valence-electron chi connectivity index (χ4n) is 3.28. The average Bonchev–Trinajstić information content (AvgIpc) is 3.14. The number of anilines is 2. The number of carbonyl (C=O) groups excluding carboxylic acids is 2. The van der Waals surface area contributed by atoms with Crippen molar-refractivity contribution >= 4 is 39.4 Å². The van der Waals surface area contributed by atoms with Gasteiger partial charge in [-0.3, -0.25) is 4.79 Å². The molecule has 12 heteroatoms. The molecule has 3 rings (SSSR count). The van der Waals surface area contributed by atoms with Gasteiger partial charge < -0.3 is 25.0 Å². The van der Waals surface area contributed by atoms with E-state index >= 15 is 0 Å². The first kappa shape index (κ1) is 25.6. The minimum absolute atomic E-state index is 0.101. The van der Waals surface area contributed by atoms with Crippen LogP contribution in [-0.2, 0) is 4.74 Å². The lowest BCUT2D eigenvalue weighted by Gasteiger charge is -2.22. The van der Waals surface area contributed by atoms with Crippen molar-refractivity contribution in [2.45, 2.75) is 45.2 Å². The van der Waals surface area contributed by atoms with Crippen LogP contribution in [0.25, 0.3) is 0 Å². The number of amides is 2. The van der Waals surface area contributed by atoms with E-state index in [4.69, 9.17) is 4.74 Å². The van der Waals surface area contributed by atoms with E-state index in [0.717, 1.165) is 12.1 Å². The normalized spacial score (nSPS) is 16.2. The van der Waals surface area contributed by atoms with Gasteiger partial charge in [-0.2, -0.15) is 0 Å². The van der Waals surface area contributed by atoms with Crippen molar-refractivity contribution in [3.8, 4) is 5.75 Å². The molecule has 0 bridgehead atoms. The van der Waals surface area contributed by atoms with Gasteiger partial charge in [0.2, 0.25) is 0 Å². The summed E-state index contributed by atoms with van der Waals surface area (Å²) in [6.07, 6.45) is -3.14. The van der Waals surface area contributed by atoms with Crippen LogP contribution in [0, 0.1) is 0 Å². The zero-order valence-electron chi connectivity index (χ0n) is 18.7. The summed E-state index contributed by atoms with van der Waals surface area (Å²) in [4.78, 5) is 30.9. The van der Waals surface area contributed by atoms with E-state index in [2.05, 4.69) is 36.3 Å². The zero-order valence-corrected chi connectivity index (χ0v) is 20.3. The van der Waals surface area contributed by atoms with Crippen LogP contribution >= 0.6 is 15.9 Å². The molecule has 0 saturated carbocycles. The summed E-state index contributed by atoms with van der Waals surface area (Å²) in [5, 5.41) is 5.45. The van der Waals surface area contributed by atoms with Gasteiger partial charge in [-0.1, -0.05) is 0 Å². The molecule has 1 atom stereocenters. The maximum atomic E-state index is 12.5. The van der Waals surface area contributed by atoms with Crippen molar-refractivity contribution in [2.24, 2.45) is 0 Å². The van der Waals surface area contributed by atoms with Crippen molar-refractivity contribution in [2.75, 3.05) is 23.3 Å². The summed E-state index contributed by atoms with van der Waals surface area (Å²) in [5.74, 6) is -0.238. The van der Waals surface area contributed by atoms with Crippen molar-refractivity contribution in [1.29, 1.82) is 0 Å². The molecule has 0 aliphatic carbocycles. The molecule has 1 fully saturated rings. The molecule has 34 heavy (non-hydrogen) atoms. The standard InChI is InChI=1S/C22H24BrF3N4O4/c1-21(2,3)34-20(32)29-15-8-9-30(12-15)18-17(23)10-13(11-27-18)19(31)28-14-4-6-16(7-5-14)33-22(24,25)26/h4-7,10-11,15H,8-9,12H2,1-3H3,(H,28,31)(H,29,32)/t15-/m0/s1. The van der Waals surface area contributed by atoms with Crippen LogP contribution in [0.3, 0.4) is 0 Å². The fraction of sp³-hybridized carbons (Fsp3) is 0.409. The Balaban J connectivity index is 1.58. The van der Waals surface area contributed by atoms with Gasteiger partial charge in [0, 0.05) is 25.0 Å². The number of alkyl halides is 3. The van der Waals surface area contributed by atoms with Gasteiger partial charge in [-0.05, 0) is 73.5 Å². The molecule has 0 radical (unpaired) electrons. The molecule has 1 aliphatic heterocycles. The molecule has 184 valence electrons. The highest BCUT2D eigenvalue weighted by molar-refractivity contribution is 9.10. The minimum Gasteiger partial charge on any atom is -0.444 e. The largest absolute Gasteiger partial charge is 0.573 e. The zero-order chi connectivity index (χ0) is 25.1. The summed E-state index contributed by atoms with van der Waals surface area (Å²) in [6, 6.07) is 6.32. The molecule has 0 unspecified atom stereocenters. The van der Waals surface area contributed by atoms with E-state index < -0.39 is 24.0 Å². The molecule has 2 aromatic rings. The Bertz CT molecular complexity index is 1040. The maximum absolute atomic E-state index is 12.5. The van der Waals surface area contributed by atoms with E-state index in [-0.39, 0.29) is 17.4 Å². The lowest BCUT2D eigenvalue weighted by atomic mass is 10.2. The number of hydrogen-bond acceptors (Lipinski definition) is 6. The van der Waals surface area contributed by atoms with E-state index in [1.54, 1.807) is 26.8 Å². The van der Waals surface area contributed by atoms with Crippen molar-refractivity contribution in [3.05, 3.63) is 46.6 Å². The Morgan fingerprint density at radius 3 is 2.44 bits per heavy atom. The summed E-state index contributed by atoms with van der Waals surface area (Å²) < 4.78 is 46.5. The Hall–Kier alpha value is -3.02. The van der Waals surface area contributed by atoms with Crippen LogP contribution < -0.4 is 20.3 Å². The fourth-order valence-corrected chi connectivity index (χ4v) is 3.88. The molecular formula is C22H24BrF3N4O4. The lowest BCUT2D eigenvalue weighted by Crippen LogP contribution is -2.40. The molecule has 1 aromatic carbocycles. The number of benzene rings is 1. The van der Waals surface area contributed by atoms with Crippen LogP contribution in [0.2, 0.25) is 0 Å². The number of rotatable bonds is 5. The monoisotopic (exact) mass is 544 g/mol. The molecule has 1 aliphatic rings. The molecule has 1 aromatic heterocycles. The molecule has 0 spiro atoms. The molecule has 2 heterocycles. The molecule has 1 saturated heterocycles. The summed E-state index contributed by atoms with van der Waals surface area (Å²) in [6.45, 7) is 6.57. The Kier molecular flexibility index (Phi) is 7.59. The van der Waals surface area contributed by atoms with Gasteiger partial charge in [0.1, 0.15) is 17.2 Å². The van der Waals surface area contributed by atoms with E-state index in [1.165, 1.54) is 18.3 Å². The smallest absolute Gasteiger partial charge is 0.444 e. The average molecular weight is 545 g/mol. The maximum Gasteiger partial charge on any atom is 0.573 e. The number of halogens is 4. The van der Waals surface area contributed by atoms with E-state index in [0.29, 0.717) is 35.5 Å². The predicted octanol–water partition coefficient (Wildman–Crippen LogP) is 5.10. The van der Waals surface area contributed by atoms with Crippen LogP contribution in [-0.4, -0.2) is 48.1 Å². The number of ether oxygens (including phenoxy) is 2. The highest BCUT2D eigenvalue weighted by atomic mass is 79.9. The number of aromatic nitrogens is 1. The second kappa shape index (κ2) is 10.1. The topological polar surface area (TPSA) is 92.8 Å². The van der Waals surface area contributed by atoms with Gasteiger partial charge in [0.25, 0.3) is 5.91 Å². The van der Waals surface area contributed by atoms with Crippen LogP contribution in [0.1, 0.15) is 37.6 Å². The molecule has 8 nitrogen and oxygen atoms in total.